The molecule has 1 unspecified atom stereocenters. The molecule has 4 nitrogen and oxygen atoms in total. The van der Waals surface area contributed by atoms with Crippen LogP contribution >= 0.6 is 0 Å². The number of piperazine rings is 1. The summed E-state index contributed by atoms with van der Waals surface area (Å²) in [6.07, 6.45) is 0. The van der Waals surface area contributed by atoms with Crippen molar-refractivity contribution >= 4 is 11.0 Å². The first-order chi connectivity index (χ1) is 9.31. The zero-order valence-electron chi connectivity index (χ0n) is 11.8. The van der Waals surface area contributed by atoms with Gasteiger partial charge in [-0.25, -0.2) is 4.98 Å². The molecule has 1 aliphatic rings. The molecular formula is C15H22N4. The SMILES string of the molecule is CCn1c(C(C)N2CCNCC2)nc2ccccc21. The molecule has 0 aliphatic carbocycles. The lowest BCUT2D eigenvalue weighted by atomic mass is 10.2. The van der Waals surface area contributed by atoms with Crippen molar-refractivity contribution in [3.8, 4) is 0 Å². The van der Waals surface area contributed by atoms with Crippen LogP contribution in [0.15, 0.2) is 24.3 Å². The van der Waals surface area contributed by atoms with E-state index in [2.05, 4.69) is 52.9 Å². The van der Waals surface area contributed by atoms with Crippen LogP contribution in [-0.2, 0) is 6.54 Å². The predicted molar refractivity (Wildman–Crippen MR) is 78.3 cm³/mol. The normalized spacial score (nSPS) is 18.8. The van der Waals surface area contributed by atoms with Crippen LogP contribution in [0.25, 0.3) is 11.0 Å². The Morgan fingerprint density at radius 2 is 2.00 bits per heavy atom. The number of benzene rings is 1. The second-order valence-corrected chi connectivity index (χ2v) is 5.16. The highest BCUT2D eigenvalue weighted by molar-refractivity contribution is 5.76. The van der Waals surface area contributed by atoms with Crippen molar-refractivity contribution in [2.45, 2.75) is 26.4 Å². The Kier molecular flexibility index (Phi) is 3.53. The van der Waals surface area contributed by atoms with Gasteiger partial charge in [-0.15, -0.1) is 0 Å². The van der Waals surface area contributed by atoms with E-state index >= 15 is 0 Å². The molecule has 1 saturated heterocycles. The van der Waals surface area contributed by atoms with Crippen LogP contribution in [0, 0.1) is 0 Å². The van der Waals surface area contributed by atoms with Gasteiger partial charge in [-0.2, -0.15) is 0 Å². The molecule has 0 saturated carbocycles. The van der Waals surface area contributed by atoms with Crippen LogP contribution in [0.1, 0.15) is 25.7 Å². The molecule has 1 fully saturated rings. The number of hydrogen-bond acceptors (Lipinski definition) is 3. The summed E-state index contributed by atoms with van der Waals surface area (Å²) in [4.78, 5) is 7.38. The molecule has 2 aromatic rings. The lowest BCUT2D eigenvalue weighted by Gasteiger charge is -2.32. The van der Waals surface area contributed by atoms with E-state index in [1.54, 1.807) is 0 Å². The lowest BCUT2D eigenvalue weighted by Crippen LogP contribution is -2.45. The molecule has 0 amide bonds. The Morgan fingerprint density at radius 3 is 2.74 bits per heavy atom. The number of imidazole rings is 1. The van der Waals surface area contributed by atoms with E-state index in [4.69, 9.17) is 4.98 Å². The number of nitrogens with one attached hydrogen (secondary N) is 1. The fourth-order valence-corrected chi connectivity index (χ4v) is 2.98. The van der Waals surface area contributed by atoms with Gasteiger partial charge in [0.1, 0.15) is 5.82 Å². The molecule has 1 N–H and O–H groups in total. The summed E-state index contributed by atoms with van der Waals surface area (Å²) in [7, 11) is 0. The van der Waals surface area contributed by atoms with Gasteiger partial charge in [-0.05, 0) is 26.0 Å². The molecule has 2 heterocycles. The van der Waals surface area contributed by atoms with Crippen LogP contribution in [0.4, 0.5) is 0 Å². The van der Waals surface area contributed by atoms with Crippen LogP contribution < -0.4 is 5.32 Å². The van der Waals surface area contributed by atoms with Gasteiger partial charge in [-0.3, -0.25) is 4.90 Å². The van der Waals surface area contributed by atoms with Gasteiger partial charge in [-0.1, -0.05) is 12.1 Å². The van der Waals surface area contributed by atoms with Crippen LogP contribution in [-0.4, -0.2) is 40.6 Å². The lowest BCUT2D eigenvalue weighted by molar-refractivity contribution is 0.176. The number of aryl methyl sites for hydroxylation is 1. The van der Waals surface area contributed by atoms with E-state index in [-0.39, 0.29) is 0 Å². The van der Waals surface area contributed by atoms with Crippen molar-refractivity contribution in [1.29, 1.82) is 0 Å². The van der Waals surface area contributed by atoms with Crippen molar-refractivity contribution in [3.63, 3.8) is 0 Å². The number of hydrogen-bond donors (Lipinski definition) is 1. The van der Waals surface area contributed by atoms with Gasteiger partial charge < -0.3 is 9.88 Å². The van der Waals surface area contributed by atoms with Crippen molar-refractivity contribution in [2.75, 3.05) is 26.2 Å². The molecule has 0 radical (unpaired) electrons. The van der Waals surface area contributed by atoms with Crippen molar-refractivity contribution in [3.05, 3.63) is 30.1 Å². The maximum Gasteiger partial charge on any atom is 0.127 e. The van der Waals surface area contributed by atoms with Crippen molar-refractivity contribution in [1.82, 2.24) is 19.8 Å². The first kappa shape index (κ1) is 12.6. The third-order valence-electron chi connectivity index (χ3n) is 4.07. The van der Waals surface area contributed by atoms with E-state index in [1.807, 2.05) is 0 Å². The summed E-state index contributed by atoms with van der Waals surface area (Å²) >= 11 is 0. The zero-order valence-corrected chi connectivity index (χ0v) is 11.8. The predicted octanol–water partition coefficient (Wildman–Crippen LogP) is 2.02. The molecule has 1 atom stereocenters. The minimum atomic E-state index is 0.384. The molecule has 19 heavy (non-hydrogen) atoms. The first-order valence-corrected chi connectivity index (χ1v) is 7.21. The van der Waals surface area contributed by atoms with Gasteiger partial charge >= 0.3 is 0 Å². The van der Waals surface area contributed by atoms with E-state index in [1.165, 1.54) is 11.3 Å². The molecule has 1 aliphatic heterocycles. The molecular weight excluding hydrogens is 236 g/mol. The Morgan fingerprint density at radius 1 is 1.26 bits per heavy atom. The Labute approximate surface area is 114 Å². The largest absolute Gasteiger partial charge is 0.327 e. The molecule has 0 bridgehead atoms. The van der Waals surface area contributed by atoms with Gasteiger partial charge in [0.15, 0.2) is 0 Å². The standard InChI is InChI=1S/C15H22N4/c1-3-19-14-7-5-4-6-13(14)17-15(19)12(2)18-10-8-16-9-11-18/h4-7,12,16H,3,8-11H2,1-2H3. The van der Waals surface area contributed by atoms with Crippen molar-refractivity contribution < 1.29 is 0 Å². The molecule has 1 aromatic heterocycles. The number of para-hydroxylation sites is 2. The van der Waals surface area contributed by atoms with Crippen LogP contribution in [0.3, 0.4) is 0 Å². The molecule has 102 valence electrons. The average molecular weight is 258 g/mol. The van der Waals surface area contributed by atoms with Crippen molar-refractivity contribution in [2.24, 2.45) is 0 Å². The maximum atomic E-state index is 4.86. The van der Waals surface area contributed by atoms with E-state index in [9.17, 15) is 0 Å². The highest BCUT2D eigenvalue weighted by atomic mass is 15.2. The van der Waals surface area contributed by atoms with E-state index in [0.29, 0.717) is 6.04 Å². The molecule has 0 spiro atoms. The summed E-state index contributed by atoms with van der Waals surface area (Å²) in [6, 6.07) is 8.81. The average Bonchev–Trinajstić information content (AvgIpc) is 2.85. The third kappa shape index (κ3) is 2.26. The summed E-state index contributed by atoms with van der Waals surface area (Å²) in [5.41, 5.74) is 2.36. The van der Waals surface area contributed by atoms with E-state index in [0.717, 1.165) is 38.2 Å². The summed E-state index contributed by atoms with van der Waals surface area (Å²) in [6.45, 7) is 9.82. The Bertz CT molecular complexity index is 554. The highest BCUT2D eigenvalue weighted by Crippen LogP contribution is 2.24. The minimum Gasteiger partial charge on any atom is -0.327 e. The molecule has 1 aromatic carbocycles. The zero-order chi connectivity index (χ0) is 13.2. The Balaban J connectivity index is 1.98. The smallest absolute Gasteiger partial charge is 0.127 e. The fourth-order valence-electron chi connectivity index (χ4n) is 2.98. The molecule has 4 heteroatoms. The second kappa shape index (κ2) is 5.31. The highest BCUT2D eigenvalue weighted by Gasteiger charge is 2.22. The van der Waals surface area contributed by atoms with Gasteiger partial charge in [0, 0.05) is 32.7 Å². The van der Waals surface area contributed by atoms with E-state index < -0.39 is 0 Å². The van der Waals surface area contributed by atoms with Gasteiger partial charge in [0.2, 0.25) is 0 Å². The summed E-state index contributed by atoms with van der Waals surface area (Å²) < 4.78 is 2.35. The molecule has 3 rings (SSSR count). The Hall–Kier alpha value is -1.39. The quantitative estimate of drug-likeness (QED) is 0.914. The third-order valence-corrected chi connectivity index (χ3v) is 4.07. The van der Waals surface area contributed by atoms with Gasteiger partial charge in [0.25, 0.3) is 0 Å². The monoisotopic (exact) mass is 258 g/mol. The maximum absolute atomic E-state index is 4.86. The number of fused-ring (bicyclic) bond motifs is 1. The number of nitrogens with zero attached hydrogens (tertiary/aromatic N) is 3. The minimum absolute atomic E-state index is 0.384. The van der Waals surface area contributed by atoms with Gasteiger partial charge in [0.05, 0.1) is 17.1 Å². The first-order valence-electron chi connectivity index (χ1n) is 7.21. The topological polar surface area (TPSA) is 33.1 Å². The summed E-state index contributed by atoms with van der Waals surface area (Å²) in [5.74, 6) is 1.20. The second-order valence-electron chi connectivity index (χ2n) is 5.16. The fraction of sp³-hybridized carbons (Fsp3) is 0.533. The summed E-state index contributed by atoms with van der Waals surface area (Å²) in [5, 5.41) is 3.41. The van der Waals surface area contributed by atoms with Crippen LogP contribution in [0.5, 0.6) is 0 Å². The number of rotatable bonds is 3. The number of aromatic nitrogens is 2. The van der Waals surface area contributed by atoms with Crippen LogP contribution in [0.2, 0.25) is 0 Å².